The van der Waals surface area contributed by atoms with Crippen molar-refractivity contribution in [1.29, 1.82) is 5.26 Å². The van der Waals surface area contributed by atoms with Gasteiger partial charge in [0.05, 0.1) is 30.8 Å². The first-order valence-corrected chi connectivity index (χ1v) is 15.0. The largest absolute Gasteiger partial charge is 0.460 e. The summed E-state index contributed by atoms with van der Waals surface area (Å²) in [6, 6.07) is 17.9. The summed E-state index contributed by atoms with van der Waals surface area (Å²) in [6.45, 7) is 10.0. The van der Waals surface area contributed by atoms with E-state index in [1.165, 1.54) is 22.5 Å². The topological polar surface area (TPSA) is 88.8 Å². The van der Waals surface area contributed by atoms with Crippen LogP contribution in [0.4, 0.5) is 11.5 Å². The lowest BCUT2D eigenvalue weighted by molar-refractivity contribution is -0.128. The number of ether oxygens (including phenoxy) is 1. The summed E-state index contributed by atoms with van der Waals surface area (Å²) < 4.78 is 6.41. The van der Waals surface area contributed by atoms with Crippen LogP contribution in [0.5, 0.6) is 6.01 Å². The van der Waals surface area contributed by atoms with Crippen LogP contribution in [-0.2, 0) is 17.8 Å². The van der Waals surface area contributed by atoms with Crippen molar-refractivity contribution in [1.82, 2.24) is 19.8 Å². The fourth-order valence-electron chi connectivity index (χ4n) is 6.53. The van der Waals surface area contributed by atoms with Gasteiger partial charge in [0.15, 0.2) is 0 Å². The van der Waals surface area contributed by atoms with E-state index < -0.39 is 0 Å². The number of fused-ring (bicyclic) bond motifs is 2. The Hall–Kier alpha value is -4.16. The Balaban J connectivity index is 1.31. The zero-order valence-corrected chi connectivity index (χ0v) is 24.6. The Morgan fingerprint density at radius 1 is 1.14 bits per heavy atom. The maximum atomic E-state index is 12.5. The average molecular weight is 566 g/mol. The van der Waals surface area contributed by atoms with Gasteiger partial charge in [0.2, 0.25) is 5.91 Å². The van der Waals surface area contributed by atoms with E-state index in [0.29, 0.717) is 38.2 Å². The number of nitrogens with zero attached hydrogens (tertiary/aromatic N) is 7. The molecule has 9 nitrogen and oxygen atoms in total. The number of piperazine rings is 1. The SMILES string of the molecule is C=CC(=O)N1CCN(c2nc(OC3CC(N(C)CC)C3)nc3c2CCN(c2cccc4ccccc24)C3)C[C@@H]1CC#N. The molecule has 6 rings (SSSR count). The van der Waals surface area contributed by atoms with E-state index in [0.717, 1.165) is 49.4 Å². The number of hydrogen-bond acceptors (Lipinski definition) is 8. The van der Waals surface area contributed by atoms with Gasteiger partial charge in [-0.1, -0.05) is 49.9 Å². The van der Waals surface area contributed by atoms with Crippen LogP contribution in [0, 0.1) is 11.3 Å². The summed E-state index contributed by atoms with van der Waals surface area (Å²) in [4.78, 5) is 31.3. The highest BCUT2D eigenvalue weighted by Gasteiger charge is 2.36. The van der Waals surface area contributed by atoms with Crippen LogP contribution in [0.25, 0.3) is 10.8 Å². The molecule has 1 aliphatic carbocycles. The quantitative estimate of drug-likeness (QED) is 0.376. The van der Waals surface area contributed by atoms with Gasteiger partial charge in [-0.2, -0.15) is 15.2 Å². The minimum absolute atomic E-state index is 0.0982. The van der Waals surface area contributed by atoms with Crippen molar-refractivity contribution in [2.75, 3.05) is 49.6 Å². The molecule has 1 aromatic heterocycles. The third-order valence-corrected chi connectivity index (χ3v) is 9.16. The van der Waals surface area contributed by atoms with E-state index in [4.69, 9.17) is 14.7 Å². The highest BCUT2D eigenvalue weighted by molar-refractivity contribution is 5.94. The standard InChI is InChI=1S/C33H39N7O2/c1-4-31(41)40-18-17-39(21-24(40)13-15-34)32-28-14-16-38(30-12-8-10-23-9-6-7-11-27(23)30)22-29(28)35-33(36-32)42-26-19-25(20-26)37(3)5-2/h4,6-12,24-26H,1,5,13-14,16-22H2,2-3H3/t24-,25?,26?/m0/s1. The molecule has 2 aromatic carbocycles. The van der Waals surface area contributed by atoms with Crippen LogP contribution in [0.15, 0.2) is 55.1 Å². The van der Waals surface area contributed by atoms with E-state index in [-0.39, 0.29) is 24.5 Å². The van der Waals surface area contributed by atoms with Crippen LogP contribution in [0.2, 0.25) is 0 Å². The zero-order chi connectivity index (χ0) is 29.2. The minimum atomic E-state index is -0.225. The fourth-order valence-corrected chi connectivity index (χ4v) is 6.53. The summed E-state index contributed by atoms with van der Waals surface area (Å²) in [7, 11) is 2.16. The highest BCUT2D eigenvalue weighted by Crippen LogP contribution is 2.36. The van der Waals surface area contributed by atoms with E-state index in [2.05, 4.69) is 83.8 Å². The molecule has 0 spiro atoms. The van der Waals surface area contributed by atoms with E-state index in [1.807, 2.05) is 0 Å². The van der Waals surface area contributed by atoms with E-state index in [9.17, 15) is 10.1 Å². The van der Waals surface area contributed by atoms with Crippen LogP contribution in [0.3, 0.4) is 0 Å². The molecule has 3 aromatic rings. The number of amides is 1. The zero-order valence-electron chi connectivity index (χ0n) is 24.6. The van der Waals surface area contributed by atoms with Gasteiger partial charge in [0.25, 0.3) is 0 Å². The van der Waals surface area contributed by atoms with Crippen molar-refractivity contribution in [2.24, 2.45) is 0 Å². The van der Waals surface area contributed by atoms with Gasteiger partial charge in [-0.3, -0.25) is 4.79 Å². The van der Waals surface area contributed by atoms with Crippen LogP contribution < -0.4 is 14.5 Å². The molecule has 0 unspecified atom stereocenters. The molecule has 0 bridgehead atoms. The number of anilines is 2. The molecule has 1 saturated heterocycles. The molecular weight excluding hydrogens is 526 g/mol. The number of rotatable bonds is 8. The number of aromatic nitrogens is 2. The normalized spacial score (nSPS) is 22.0. The molecule has 3 aliphatic rings. The summed E-state index contributed by atoms with van der Waals surface area (Å²) in [5, 5.41) is 12.0. The van der Waals surface area contributed by atoms with Crippen molar-refractivity contribution in [3.63, 3.8) is 0 Å². The first-order chi connectivity index (χ1) is 20.5. The summed E-state index contributed by atoms with van der Waals surface area (Å²) in [5.74, 6) is 0.744. The summed E-state index contributed by atoms with van der Waals surface area (Å²) in [6.07, 6.45) is 4.43. The van der Waals surface area contributed by atoms with Gasteiger partial charge >= 0.3 is 6.01 Å². The molecule has 218 valence electrons. The predicted molar refractivity (Wildman–Crippen MR) is 165 cm³/mol. The molecule has 0 N–H and O–H groups in total. The van der Waals surface area contributed by atoms with Gasteiger partial charge in [0, 0.05) is 61.7 Å². The Labute approximate surface area is 248 Å². The maximum absolute atomic E-state index is 12.5. The van der Waals surface area contributed by atoms with Gasteiger partial charge in [-0.05, 0) is 37.5 Å². The van der Waals surface area contributed by atoms with E-state index >= 15 is 0 Å². The third-order valence-electron chi connectivity index (χ3n) is 9.16. The number of hydrogen-bond donors (Lipinski definition) is 0. The average Bonchev–Trinajstić information content (AvgIpc) is 3.01. The van der Waals surface area contributed by atoms with E-state index in [1.54, 1.807) is 4.90 Å². The van der Waals surface area contributed by atoms with Crippen LogP contribution in [0.1, 0.15) is 37.4 Å². The molecule has 1 saturated carbocycles. The molecule has 3 heterocycles. The summed E-state index contributed by atoms with van der Waals surface area (Å²) >= 11 is 0. The second-order valence-electron chi connectivity index (χ2n) is 11.6. The molecule has 0 radical (unpaired) electrons. The molecular formula is C33H39N7O2. The van der Waals surface area contributed by atoms with Crippen molar-refractivity contribution in [2.45, 2.75) is 57.3 Å². The van der Waals surface area contributed by atoms with Crippen molar-refractivity contribution < 1.29 is 9.53 Å². The highest BCUT2D eigenvalue weighted by atomic mass is 16.5. The first-order valence-electron chi connectivity index (χ1n) is 15.0. The number of carbonyl (C=O) groups is 1. The molecule has 9 heteroatoms. The van der Waals surface area contributed by atoms with Crippen molar-refractivity contribution in [3.05, 3.63) is 66.4 Å². The minimum Gasteiger partial charge on any atom is -0.460 e. The molecule has 2 aliphatic heterocycles. The lowest BCUT2D eigenvalue weighted by Gasteiger charge is -2.42. The molecule has 2 fully saturated rings. The molecule has 1 amide bonds. The predicted octanol–water partition coefficient (Wildman–Crippen LogP) is 4.17. The Morgan fingerprint density at radius 3 is 2.74 bits per heavy atom. The lowest BCUT2D eigenvalue weighted by Crippen LogP contribution is -2.55. The van der Waals surface area contributed by atoms with Crippen LogP contribution in [-0.4, -0.2) is 83.6 Å². The van der Waals surface area contributed by atoms with Gasteiger partial charge < -0.3 is 24.3 Å². The Kier molecular flexibility index (Phi) is 7.98. The monoisotopic (exact) mass is 565 g/mol. The van der Waals surface area contributed by atoms with Crippen LogP contribution >= 0.6 is 0 Å². The second-order valence-corrected chi connectivity index (χ2v) is 11.6. The smallest absolute Gasteiger partial charge is 0.318 e. The van der Waals surface area contributed by atoms with Crippen molar-refractivity contribution >= 4 is 28.2 Å². The maximum Gasteiger partial charge on any atom is 0.318 e. The number of benzene rings is 2. The lowest BCUT2D eigenvalue weighted by atomic mass is 9.88. The molecule has 1 atom stereocenters. The Bertz CT molecular complexity index is 1510. The second kappa shape index (κ2) is 12.0. The fraction of sp³-hybridized carbons (Fsp3) is 0.455. The van der Waals surface area contributed by atoms with Gasteiger partial charge in [-0.25, -0.2) is 0 Å². The first kappa shape index (κ1) is 28.0. The number of carbonyl (C=O) groups excluding carboxylic acids is 1. The third kappa shape index (κ3) is 5.39. The van der Waals surface area contributed by atoms with Crippen molar-refractivity contribution in [3.8, 4) is 12.1 Å². The van der Waals surface area contributed by atoms with Gasteiger partial charge in [0.1, 0.15) is 11.9 Å². The van der Waals surface area contributed by atoms with Gasteiger partial charge in [-0.15, -0.1) is 0 Å². The Morgan fingerprint density at radius 2 is 1.95 bits per heavy atom. The molecule has 42 heavy (non-hydrogen) atoms. The number of nitriles is 1. The summed E-state index contributed by atoms with van der Waals surface area (Å²) in [5.41, 5.74) is 3.32.